The summed E-state index contributed by atoms with van der Waals surface area (Å²) in [4.78, 5) is 0. The number of hydrogen-bond acceptors (Lipinski definition) is 29. The summed E-state index contributed by atoms with van der Waals surface area (Å²) in [6, 6.07) is 0. The quantitative estimate of drug-likeness (QED) is 0.0477. The minimum atomic E-state index is -6.24. The van der Waals surface area contributed by atoms with Gasteiger partial charge in [0.05, 0.1) is 13.2 Å². The standard InChI is InChI=1S/C12H22O35S8.H2O4S/c13-48(14,15)37-1-4-6(43-51(22,23)24)8(45-53(28,29)30)9(46-54(31,32)33)11(40-4)42-12(3-39-50(19,20)21)10(47-55(34,35)36)7(44-52(25,26)27)5(41-12)2-38-49(16,17)18;1-5(2,3)4/h4-11H,1-3H2,(H,13,14,15)(H,16,17,18)(H,19,20,21)(H,22,23,24)(H,25,26,27)(H,28,29,30)(H,31,32,33)(H,34,35,36);(H2,1,2,3,4)/t4-,5-,6-,7-,8+,9-,10+,11-,12+;/m1./s1. The van der Waals surface area contributed by atoms with E-state index in [1.807, 2.05) is 0 Å². The number of hydrogen-bond donors (Lipinski definition) is 10. The lowest BCUT2D eigenvalue weighted by molar-refractivity contribution is -0.374. The third kappa shape index (κ3) is 23.4. The highest BCUT2D eigenvalue weighted by atomic mass is 32.3. The predicted molar refractivity (Wildman–Crippen MR) is 166 cm³/mol. The summed E-state index contributed by atoms with van der Waals surface area (Å²) in [5.41, 5.74) is 0. The molecular weight excluding hydrogens is 1060 g/mol. The number of rotatable bonds is 21. The molecule has 0 aliphatic carbocycles. The van der Waals surface area contributed by atoms with Gasteiger partial charge in [-0.05, 0) is 0 Å². The Hall–Kier alpha value is -1.29. The molecule has 0 radical (unpaired) electrons. The van der Waals surface area contributed by atoms with E-state index in [0.717, 1.165) is 0 Å². The molecule has 0 saturated carbocycles. The number of ether oxygens (including phenoxy) is 3. The minimum Gasteiger partial charge on any atom is -0.341 e. The van der Waals surface area contributed by atoms with E-state index in [4.69, 9.17) is 40.8 Å². The van der Waals surface area contributed by atoms with Crippen molar-refractivity contribution in [3.05, 3.63) is 0 Å². The van der Waals surface area contributed by atoms with Crippen molar-refractivity contribution in [2.75, 3.05) is 19.8 Å². The molecule has 0 bridgehead atoms. The molecule has 0 aromatic rings. The molecule has 2 rings (SSSR count). The van der Waals surface area contributed by atoms with E-state index in [9.17, 15) is 94.7 Å². The largest absolute Gasteiger partial charge is 0.397 e. The highest BCUT2D eigenvalue weighted by Crippen LogP contribution is 2.42. The summed E-state index contributed by atoms with van der Waals surface area (Å²) in [6.07, 6.45) is -26.0. The summed E-state index contributed by atoms with van der Waals surface area (Å²) in [7, 11) is -52.9. The molecule has 2 aliphatic heterocycles. The third-order valence-corrected chi connectivity index (χ3v) is 9.28. The Bertz CT molecular complexity index is 2510. The van der Waals surface area contributed by atoms with Crippen LogP contribution in [0.15, 0.2) is 0 Å². The Morgan fingerprint density at radius 2 is 0.733 bits per heavy atom. The van der Waals surface area contributed by atoms with Gasteiger partial charge in [0.25, 0.3) is 0 Å². The van der Waals surface area contributed by atoms with Crippen LogP contribution >= 0.6 is 0 Å². The average molecular weight is 1080 g/mol. The molecule has 360 valence electrons. The first-order valence-corrected chi connectivity index (χ1v) is 25.3. The normalized spacial score (nSPS) is 29.1. The first-order chi connectivity index (χ1) is 26.2. The molecule has 9 atom stereocenters. The highest BCUT2D eigenvalue weighted by molar-refractivity contribution is 7.82. The molecule has 0 aromatic heterocycles. The maximum atomic E-state index is 11.9. The Morgan fingerprint density at radius 1 is 0.400 bits per heavy atom. The summed E-state index contributed by atoms with van der Waals surface area (Å²) in [5, 5.41) is 0. The zero-order valence-electron chi connectivity index (χ0n) is 27.2. The van der Waals surface area contributed by atoms with Gasteiger partial charge < -0.3 is 14.2 Å². The van der Waals surface area contributed by atoms with Crippen molar-refractivity contribution in [3.63, 3.8) is 0 Å². The molecule has 48 heteroatoms. The zero-order chi connectivity index (χ0) is 47.5. The molecule has 60 heavy (non-hydrogen) atoms. The molecule has 10 N–H and O–H groups in total. The van der Waals surface area contributed by atoms with E-state index in [-0.39, 0.29) is 0 Å². The monoisotopic (exact) mass is 1080 g/mol. The van der Waals surface area contributed by atoms with Gasteiger partial charge in [0.2, 0.25) is 5.79 Å². The van der Waals surface area contributed by atoms with Crippen molar-refractivity contribution >= 4 is 93.6 Å². The van der Waals surface area contributed by atoms with Crippen molar-refractivity contribution in [1.82, 2.24) is 0 Å². The summed E-state index contributed by atoms with van der Waals surface area (Å²) in [5.74, 6) is -4.12. The Balaban J connectivity index is 0.00000338. The summed E-state index contributed by atoms with van der Waals surface area (Å²) in [6.45, 7) is -6.25. The summed E-state index contributed by atoms with van der Waals surface area (Å²) < 4.78 is 338. The molecule has 0 amide bonds. The fourth-order valence-electron chi connectivity index (χ4n) is 4.24. The van der Waals surface area contributed by atoms with Crippen LogP contribution in [0.5, 0.6) is 0 Å². The van der Waals surface area contributed by atoms with E-state index in [2.05, 4.69) is 33.5 Å². The Morgan fingerprint density at radius 3 is 1.10 bits per heavy atom. The van der Waals surface area contributed by atoms with Crippen LogP contribution in [0, 0.1) is 0 Å². The second kappa shape index (κ2) is 19.8. The van der Waals surface area contributed by atoms with E-state index >= 15 is 0 Å². The molecule has 39 nitrogen and oxygen atoms in total. The topological polar surface area (TPSA) is 611 Å². The van der Waals surface area contributed by atoms with Crippen LogP contribution in [-0.2, 0) is 141 Å². The van der Waals surface area contributed by atoms with E-state index in [1.165, 1.54) is 0 Å². The van der Waals surface area contributed by atoms with Gasteiger partial charge >= 0.3 is 93.6 Å². The molecule has 0 spiro atoms. The van der Waals surface area contributed by atoms with Crippen LogP contribution in [0.1, 0.15) is 0 Å². The fourth-order valence-corrected chi connectivity index (χ4v) is 7.68. The molecule has 0 aromatic carbocycles. The lowest BCUT2D eigenvalue weighted by Crippen LogP contribution is -2.65. The van der Waals surface area contributed by atoms with Crippen LogP contribution in [0.3, 0.4) is 0 Å². The van der Waals surface area contributed by atoms with E-state index in [0.29, 0.717) is 0 Å². The van der Waals surface area contributed by atoms with Gasteiger partial charge in [0.15, 0.2) is 18.5 Å². The van der Waals surface area contributed by atoms with Gasteiger partial charge in [-0.2, -0.15) is 75.8 Å². The maximum absolute atomic E-state index is 11.9. The minimum absolute atomic E-state index is 1.92. The smallest absolute Gasteiger partial charge is 0.341 e. The van der Waals surface area contributed by atoms with Gasteiger partial charge in [0, 0.05) is 0 Å². The Labute approximate surface area is 335 Å². The van der Waals surface area contributed by atoms with Crippen molar-refractivity contribution < 1.29 is 169 Å². The third-order valence-electron chi connectivity index (χ3n) is 5.68. The molecule has 2 heterocycles. The van der Waals surface area contributed by atoms with E-state index in [1.54, 1.807) is 0 Å². The molecule has 2 saturated heterocycles. The van der Waals surface area contributed by atoms with Gasteiger partial charge in [-0.1, -0.05) is 0 Å². The second-order valence-electron chi connectivity index (χ2n) is 10.1. The Kier molecular flexibility index (Phi) is 18.8. The van der Waals surface area contributed by atoms with Gasteiger partial charge in [-0.25, -0.2) is 33.5 Å². The lowest BCUT2D eigenvalue weighted by Gasteiger charge is -2.45. The van der Waals surface area contributed by atoms with Gasteiger partial charge in [0.1, 0.15) is 37.1 Å². The van der Waals surface area contributed by atoms with Crippen molar-refractivity contribution in [1.29, 1.82) is 0 Å². The van der Waals surface area contributed by atoms with Gasteiger partial charge in [-0.15, -0.1) is 0 Å². The van der Waals surface area contributed by atoms with Crippen LogP contribution in [-0.4, -0.2) is 196 Å². The zero-order valence-corrected chi connectivity index (χ0v) is 34.6. The lowest BCUT2D eigenvalue weighted by atomic mass is 9.99. The predicted octanol–water partition coefficient (Wildman–Crippen LogP) is -7.43. The SMILES string of the molecule is O=S(=O)(O)O.O=S(=O)(O)OC[C@H]1O[C@@](COS(=O)(=O)O)(O[C@H]2O[C@H](COS(=O)(=O)O)[C@@H](OS(=O)(=O)O)[C@H](OS(=O)(=O)O)[C@H]2OS(=O)(=O)O)[C@@H](OS(=O)(=O)O)[C@@H]1OS(=O)(=O)O. The fraction of sp³-hybridized carbons (Fsp3) is 1.00. The van der Waals surface area contributed by atoms with Crippen molar-refractivity contribution in [2.24, 2.45) is 0 Å². The maximum Gasteiger partial charge on any atom is 0.397 e. The van der Waals surface area contributed by atoms with Crippen LogP contribution < -0.4 is 0 Å². The average Bonchev–Trinajstić information content (AvgIpc) is 3.18. The highest BCUT2D eigenvalue weighted by Gasteiger charge is 2.65. The first kappa shape index (κ1) is 56.7. The first-order valence-electron chi connectivity index (χ1n) is 13.0. The summed E-state index contributed by atoms with van der Waals surface area (Å²) >= 11 is 0. The molecule has 0 unspecified atom stereocenters. The van der Waals surface area contributed by atoms with Crippen molar-refractivity contribution in [2.45, 2.75) is 54.8 Å². The second-order valence-corrected chi connectivity index (χ2v) is 19.5. The molecule has 2 aliphatic rings. The van der Waals surface area contributed by atoms with Crippen LogP contribution in [0.25, 0.3) is 0 Å². The van der Waals surface area contributed by atoms with Crippen LogP contribution in [0.4, 0.5) is 0 Å². The van der Waals surface area contributed by atoms with Crippen molar-refractivity contribution in [3.8, 4) is 0 Å². The molecule has 2 fully saturated rings. The van der Waals surface area contributed by atoms with Gasteiger partial charge in [-0.3, -0.25) is 45.5 Å². The van der Waals surface area contributed by atoms with Crippen LogP contribution in [0.2, 0.25) is 0 Å². The van der Waals surface area contributed by atoms with E-state index < -0.39 is 168 Å². The molecular formula is C12H24O39S9.